The minimum Gasteiger partial charge on any atom is -0.382 e. The van der Waals surface area contributed by atoms with Crippen LogP contribution >= 0.6 is 7.29 Å². The van der Waals surface area contributed by atoms with Crippen LogP contribution in [0.4, 0.5) is 5.82 Å². The predicted octanol–water partition coefficient (Wildman–Crippen LogP) is 4.24. The molecule has 2 heterocycles. The van der Waals surface area contributed by atoms with E-state index in [0.717, 1.165) is 11.3 Å². The Morgan fingerprint density at radius 1 is 0.966 bits per heavy atom. The van der Waals surface area contributed by atoms with Gasteiger partial charge < -0.3 is 5.73 Å². The van der Waals surface area contributed by atoms with E-state index in [1.807, 2.05) is 66.9 Å². The van der Waals surface area contributed by atoms with Crippen molar-refractivity contribution in [3.8, 4) is 34.3 Å². The van der Waals surface area contributed by atoms with E-state index in [4.69, 9.17) is 10.8 Å². The maximum atomic E-state index is 12.6. The minimum absolute atomic E-state index is 0.0994. The molecule has 0 aliphatic rings. The number of para-hydroxylation sites is 1. The molecule has 0 saturated carbocycles. The van der Waals surface area contributed by atoms with Gasteiger partial charge in [-0.05, 0) is 12.1 Å². The van der Waals surface area contributed by atoms with Gasteiger partial charge in [0.1, 0.15) is 28.8 Å². The monoisotopic (exact) mass is 402 g/mol. The summed E-state index contributed by atoms with van der Waals surface area (Å²) in [4.78, 5) is 0. The second kappa shape index (κ2) is 7.08. The van der Waals surface area contributed by atoms with Gasteiger partial charge >= 0.3 is 0 Å². The number of rotatable bonds is 4. The molecule has 4 rings (SSSR count). The summed E-state index contributed by atoms with van der Waals surface area (Å²) in [5.41, 5.74) is 9.75. The fourth-order valence-electron chi connectivity index (χ4n) is 3.16. The lowest BCUT2D eigenvalue weighted by atomic mass is 10.0. The molecule has 0 unspecified atom stereocenters. The van der Waals surface area contributed by atoms with Gasteiger partial charge in [0.05, 0.1) is 11.3 Å². The number of nitriles is 1. The zero-order chi connectivity index (χ0) is 20.6. The molecule has 0 amide bonds. The van der Waals surface area contributed by atoms with Crippen LogP contribution in [0, 0.1) is 11.3 Å². The molecule has 0 atom stereocenters. The Balaban J connectivity index is 2.00. The fourth-order valence-corrected chi connectivity index (χ4v) is 4.08. The Labute approximate surface area is 168 Å². The number of anilines is 1. The molecule has 0 saturated heterocycles. The first-order valence-corrected chi connectivity index (χ1v) is 11.5. The molecular formula is C21H19N6OP. The topological polar surface area (TPSA) is 103 Å². The van der Waals surface area contributed by atoms with E-state index >= 15 is 0 Å². The molecule has 0 fully saturated rings. The largest absolute Gasteiger partial charge is 0.382 e. The number of hydrogen-bond donors (Lipinski definition) is 1. The van der Waals surface area contributed by atoms with E-state index in [1.165, 1.54) is 4.45 Å². The van der Waals surface area contributed by atoms with E-state index in [0.29, 0.717) is 17.0 Å². The quantitative estimate of drug-likeness (QED) is 0.514. The molecule has 0 bridgehead atoms. The predicted molar refractivity (Wildman–Crippen MR) is 114 cm³/mol. The highest BCUT2D eigenvalue weighted by atomic mass is 31.2. The molecule has 144 valence electrons. The molecular weight excluding hydrogens is 383 g/mol. The van der Waals surface area contributed by atoms with Crippen LogP contribution in [0.3, 0.4) is 0 Å². The second-order valence-electron chi connectivity index (χ2n) is 6.94. The van der Waals surface area contributed by atoms with Crippen LogP contribution in [0.2, 0.25) is 0 Å². The normalized spacial score (nSPS) is 11.3. The highest BCUT2D eigenvalue weighted by Crippen LogP contribution is 2.44. The van der Waals surface area contributed by atoms with Crippen molar-refractivity contribution in [3.63, 3.8) is 0 Å². The Morgan fingerprint density at radius 2 is 1.59 bits per heavy atom. The first kappa shape index (κ1) is 18.7. The first-order chi connectivity index (χ1) is 13.9. The first-order valence-electron chi connectivity index (χ1n) is 8.95. The lowest BCUT2D eigenvalue weighted by molar-refractivity contribution is 0.572. The number of benzene rings is 2. The van der Waals surface area contributed by atoms with Crippen LogP contribution in [-0.4, -0.2) is 32.7 Å². The Bertz CT molecular complexity index is 1260. The summed E-state index contributed by atoms with van der Waals surface area (Å²) in [6.07, 6.45) is 1.82. The molecule has 2 aromatic carbocycles. The van der Waals surface area contributed by atoms with Crippen LogP contribution in [0.5, 0.6) is 0 Å². The van der Waals surface area contributed by atoms with Crippen LogP contribution in [0.15, 0.2) is 66.9 Å². The molecule has 0 aliphatic carbocycles. The van der Waals surface area contributed by atoms with E-state index < -0.39 is 7.29 Å². The van der Waals surface area contributed by atoms with Crippen LogP contribution in [0.1, 0.15) is 5.56 Å². The average molecular weight is 402 g/mol. The third kappa shape index (κ3) is 3.35. The van der Waals surface area contributed by atoms with Gasteiger partial charge in [0.15, 0.2) is 7.29 Å². The summed E-state index contributed by atoms with van der Waals surface area (Å²) in [5.74, 6) is 0.0994. The zero-order valence-corrected chi connectivity index (χ0v) is 16.9. The van der Waals surface area contributed by atoms with Gasteiger partial charge in [0.25, 0.3) is 0 Å². The molecule has 2 aromatic heterocycles. The van der Waals surface area contributed by atoms with Gasteiger partial charge in [-0.3, -0.25) is 4.57 Å². The van der Waals surface area contributed by atoms with E-state index in [9.17, 15) is 9.83 Å². The van der Waals surface area contributed by atoms with Crippen molar-refractivity contribution in [1.82, 2.24) is 19.3 Å². The average Bonchev–Trinajstić information content (AvgIpc) is 3.30. The van der Waals surface area contributed by atoms with Crippen molar-refractivity contribution < 1.29 is 4.57 Å². The number of hydrogen-bond acceptors (Lipinski definition) is 5. The smallest absolute Gasteiger partial charge is 0.187 e. The molecule has 0 aliphatic heterocycles. The minimum atomic E-state index is -2.83. The van der Waals surface area contributed by atoms with Crippen molar-refractivity contribution in [2.75, 3.05) is 19.1 Å². The summed E-state index contributed by atoms with van der Waals surface area (Å²) in [5, 5.41) is 18.9. The molecule has 29 heavy (non-hydrogen) atoms. The maximum absolute atomic E-state index is 12.6. The molecule has 4 aromatic rings. The third-order valence-corrected chi connectivity index (χ3v) is 5.73. The van der Waals surface area contributed by atoms with Gasteiger partial charge in [-0.25, -0.2) is 4.68 Å². The number of nitrogens with zero attached hydrogens (tertiary/aromatic N) is 5. The fraction of sp³-hybridized carbons (Fsp3) is 0.0952. The van der Waals surface area contributed by atoms with Crippen LogP contribution in [-0.2, 0) is 4.57 Å². The van der Waals surface area contributed by atoms with Crippen molar-refractivity contribution >= 4 is 13.1 Å². The highest BCUT2D eigenvalue weighted by Gasteiger charge is 2.26. The number of nitrogens with two attached hydrogens (primary N) is 1. The van der Waals surface area contributed by atoms with Crippen molar-refractivity contribution in [2.45, 2.75) is 0 Å². The third-order valence-electron chi connectivity index (χ3n) is 4.51. The maximum Gasteiger partial charge on any atom is 0.187 e. The van der Waals surface area contributed by atoms with Crippen LogP contribution in [0.25, 0.3) is 28.2 Å². The lowest BCUT2D eigenvalue weighted by Gasteiger charge is -2.07. The molecule has 8 heteroatoms. The van der Waals surface area contributed by atoms with Crippen molar-refractivity contribution in [2.24, 2.45) is 0 Å². The Kier molecular flexibility index (Phi) is 4.57. The summed E-state index contributed by atoms with van der Waals surface area (Å²) in [7, 11) is -2.83. The van der Waals surface area contributed by atoms with E-state index in [2.05, 4.69) is 11.2 Å². The SMILES string of the molecule is CP(C)(=O)n1nc(-c2cn(-c3ccccc3)nc2-c2ccccc2)c(C#N)c1N. The summed E-state index contributed by atoms with van der Waals surface area (Å²) in [6, 6.07) is 21.4. The molecule has 7 nitrogen and oxygen atoms in total. The van der Waals surface area contributed by atoms with Gasteiger partial charge in [-0.15, -0.1) is 0 Å². The van der Waals surface area contributed by atoms with Crippen LogP contribution < -0.4 is 5.73 Å². The number of nitrogen functional groups attached to an aromatic ring is 1. The highest BCUT2D eigenvalue weighted by molar-refractivity contribution is 7.60. The van der Waals surface area contributed by atoms with Gasteiger partial charge in [-0.1, -0.05) is 48.5 Å². The van der Waals surface area contributed by atoms with Crippen molar-refractivity contribution in [1.29, 1.82) is 5.26 Å². The van der Waals surface area contributed by atoms with Gasteiger partial charge in [0, 0.05) is 25.1 Å². The number of aromatic nitrogens is 4. The second-order valence-corrected chi connectivity index (χ2v) is 9.91. The summed E-state index contributed by atoms with van der Waals surface area (Å²) < 4.78 is 15.6. The lowest BCUT2D eigenvalue weighted by Crippen LogP contribution is -2.02. The summed E-state index contributed by atoms with van der Waals surface area (Å²) in [6.45, 7) is 3.12. The molecule has 0 spiro atoms. The Hall–Kier alpha value is -3.62. The molecule has 2 N–H and O–H groups in total. The van der Waals surface area contributed by atoms with E-state index in [1.54, 1.807) is 18.0 Å². The zero-order valence-electron chi connectivity index (χ0n) is 16.0. The van der Waals surface area contributed by atoms with E-state index in [-0.39, 0.29) is 11.4 Å². The standard InChI is InChI=1S/C21H19N6OP/c1-29(2,28)27-21(23)17(13-22)20(25-27)18-14-26(16-11-7-4-8-12-16)24-19(18)15-9-5-3-6-10-15/h3-12,14H,23H2,1-2H3. The molecule has 0 radical (unpaired) electrons. The van der Waals surface area contributed by atoms with Crippen molar-refractivity contribution in [3.05, 3.63) is 72.4 Å². The van der Waals surface area contributed by atoms with Gasteiger partial charge in [0.2, 0.25) is 0 Å². The van der Waals surface area contributed by atoms with Gasteiger partial charge in [-0.2, -0.15) is 19.9 Å². The summed E-state index contributed by atoms with van der Waals surface area (Å²) >= 11 is 0. The Morgan fingerprint density at radius 3 is 2.17 bits per heavy atom.